The molecule has 42 heavy (non-hydrogen) atoms. The molecule has 1 saturated heterocycles. The molecule has 3 heterocycles. The zero-order valence-electron chi connectivity index (χ0n) is 22.7. The van der Waals surface area contributed by atoms with E-state index in [9.17, 15) is 32.3 Å². The number of benzene rings is 2. The minimum Gasteiger partial charge on any atom is -0.465 e. The van der Waals surface area contributed by atoms with Crippen molar-refractivity contribution in [3.63, 3.8) is 0 Å². The summed E-state index contributed by atoms with van der Waals surface area (Å²) in [5.41, 5.74) is -2.79. The lowest BCUT2D eigenvalue weighted by molar-refractivity contribution is -0.143. The van der Waals surface area contributed by atoms with Gasteiger partial charge in [0.25, 0.3) is 5.91 Å². The highest BCUT2D eigenvalue weighted by Crippen LogP contribution is 2.36. The SMILES string of the molecule is CCOC(=O)Cn1c(=O)c(=O)[nH]c2cc(C(F)(F)F)c(-n3ccc(C(=O)N4CCN(Cc5ccccc5)CC4)c3)cc21. The topological polar surface area (TPSA) is 110 Å². The summed E-state index contributed by atoms with van der Waals surface area (Å²) in [6.07, 6.45) is -2.21. The normalized spacial score (nSPS) is 14.3. The van der Waals surface area contributed by atoms with Gasteiger partial charge in [-0.3, -0.25) is 28.6 Å². The summed E-state index contributed by atoms with van der Waals surface area (Å²) in [5, 5.41) is 0. The fraction of sp³-hybridized carbons (Fsp3) is 0.310. The van der Waals surface area contributed by atoms with Crippen LogP contribution in [0.5, 0.6) is 0 Å². The number of hydrogen-bond donors (Lipinski definition) is 1. The number of halogens is 3. The number of fused-ring (bicyclic) bond motifs is 1. The fourth-order valence-corrected chi connectivity index (χ4v) is 5.05. The molecule has 0 aliphatic carbocycles. The predicted octanol–water partition coefficient (Wildman–Crippen LogP) is 3.02. The van der Waals surface area contributed by atoms with Crippen molar-refractivity contribution in [3.8, 4) is 5.69 Å². The Morgan fingerprint density at radius 1 is 1.00 bits per heavy atom. The molecule has 1 N–H and O–H groups in total. The molecule has 1 aliphatic heterocycles. The molecule has 2 aromatic heterocycles. The quantitative estimate of drug-likeness (QED) is 0.265. The van der Waals surface area contributed by atoms with E-state index in [-0.39, 0.29) is 34.8 Å². The van der Waals surface area contributed by atoms with Gasteiger partial charge in [0.05, 0.1) is 34.5 Å². The Morgan fingerprint density at radius 3 is 2.38 bits per heavy atom. The second-order valence-corrected chi connectivity index (χ2v) is 9.90. The molecule has 0 radical (unpaired) electrons. The van der Waals surface area contributed by atoms with Crippen molar-refractivity contribution in [1.82, 2.24) is 23.9 Å². The summed E-state index contributed by atoms with van der Waals surface area (Å²) < 4.78 is 49.3. The van der Waals surface area contributed by atoms with E-state index in [1.807, 2.05) is 30.3 Å². The molecule has 0 unspecified atom stereocenters. The van der Waals surface area contributed by atoms with Crippen LogP contribution in [0.15, 0.2) is 70.5 Å². The van der Waals surface area contributed by atoms with E-state index in [0.29, 0.717) is 32.2 Å². The molecule has 0 saturated carbocycles. The van der Waals surface area contributed by atoms with Gasteiger partial charge in [-0.05, 0) is 30.7 Å². The van der Waals surface area contributed by atoms with Gasteiger partial charge in [-0.25, -0.2) is 0 Å². The molecule has 0 bridgehead atoms. The second-order valence-electron chi connectivity index (χ2n) is 9.90. The third kappa shape index (κ3) is 6.00. The molecule has 13 heteroatoms. The van der Waals surface area contributed by atoms with Crippen LogP contribution in [-0.2, 0) is 28.8 Å². The zero-order chi connectivity index (χ0) is 30.0. The van der Waals surface area contributed by atoms with Gasteiger partial charge in [-0.1, -0.05) is 30.3 Å². The van der Waals surface area contributed by atoms with Crippen molar-refractivity contribution >= 4 is 22.9 Å². The van der Waals surface area contributed by atoms with E-state index in [1.165, 1.54) is 24.0 Å². The average Bonchev–Trinajstić information content (AvgIpc) is 3.45. The van der Waals surface area contributed by atoms with Crippen LogP contribution in [0.25, 0.3) is 16.7 Å². The number of aromatic nitrogens is 3. The fourth-order valence-electron chi connectivity index (χ4n) is 5.05. The van der Waals surface area contributed by atoms with Gasteiger partial charge in [0.2, 0.25) is 0 Å². The van der Waals surface area contributed by atoms with E-state index in [2.05, 4.69) is 9.88 Å². The third-order valence-corrected chi connectivity index (χ3v) is 7.12. The number of H-pyrrole nitrogens is 1. The summed E-state index contributed by atoms with van der Waals surface area (Å²) in [7, 11) is 0. The van der Waals surface area contributed by atoms with E-state index in [4.69, 9.17) is 4.74 Å². The van der Waals surface area contributed by atoms with E-state index in [0.717, 1.165) is 21.7 Å². The maximum Gasteiger partial charge on any atom is 0.418 e. The number of amides is 1. The lowest BCUT2D eigenvalue weighted by atomic mass is 10.1. The Morgan fingerprint density at radius 2 is 1.71 bits per heavy atom. The van der Waals surface area contributed by atoms with Gasteiger partial charge in [0, 0.05) is 45.1 Å². The van der Waals surface area contributed by atoms with Crippen LogP contribution in [0.1, 0.15) is 28.4 Å². The van der Waals surface area contributed by atoms with Crippen LogP contribution in [0.3, 0.4) is 0 Å². The van der Waals surface area contributed by atoms with E-state index >= 15 is 0 Å². The number of ether oxygens (including phenoxy) is 1. The second kappa shape index (κ2) is 11.7. The minimum atomic E-state index is -4.84. The summed E-state index contributed by atoms with van der Waals surface area (Å²) in [6.45, 7) is 3.90. The van der Waals surface area contributed by atoms with Crippen molar-refractivity contribution in [2.75, 3.05) is 32.8 Å². The van der Waals surface area contributed by atoms with Crippen LogP contribution < -0.4 is 11.1 Å². The molecule has 5 rings (SSSR count). The summed E-state index contributed by atoms with van der Waals surface area (Å²) >= 11 is 0. The van der Waals surface area contributed by atoms with Gasteiger partial charge < -0.3 is 19.2 Å². The lowest BCUT2D eigenvalue weighted by Gasteiger charge is -2.34. The predicted molar refractivity (Wildman–Crippen MR) is 147 cm³/mol. The number of alkyl halides is 3. The number of carbonyl (C=O) groups is 2. The Labute approximate surface area is 237 Å². The molecule has 1 fully saturated rings. The first-order chi connectivity index (χ1) is 20.0. The van der Waals surface area contributed by atoms with E-state index < -0.39 is 35.4 Å². The number of rotatable bonds is 7. The molecule has 0 atom stereocenters. The smallest absolute Gasteiger partial charge is 0.418 e. The Hall–Kier alpha value is -4.65. The highest BCUT2D eigenvalue weighted by atomic mass is 19.4. The van der Waals surface area contributed by atoms with Crippen LogP contribution in [-0.4, -0.2) is 68.6 Å². The molecule has 2 aromatic carbocycles. The molecule has 10 nitrogen and oxygen atoms in total. The summed E-state index contributed by atoms with van der Waals surface area (Å²) in [6, 6.07) is 13.2. The number of aromatic amines is 1. The zero-order valence-corrected chi connectivity index (χ0v) is 22.7. The van der Waals surface area contributed by atoms with Gasteiger partial charge >= 0.3 is 23.3 Å². The maximum absolute atomic E-state index is 14.2. The average molecular weight is 584 g/mol. The Kier molecular flexibility index (Phi) is 8.03. The van der Waals surface area contributed by atoms with Gasteiger partial charge in [0.15, 0.2) is 0 Å². The first-order valence-electron chi connectivity index (χ1n) is 13.3. The van der Waals surface area contributed by atoms with Crippen LogP contribution in [0.4, 0.5) is 13.2 Å². The van der Waals surface area contributed by atoms with Crippen LogP contribution >= 0.6 is 0 Å². The number of nitrogens with one attached hydrogen (secondary N) is 1. The Bertz CT molecular complexity index is 1730. The summed E-state index contributed by atoms with van der Waals surface area (Å²) in [4.78, 5) is 56.2. The number of carbonyl (C=O) groups excluding carboxylic acids is 2. The van der Waals surface area contributed by atoms with Crippen molar-refractivity contribution in [1.29, 1.82) is 0 Å². The van der Waals surface area contributed by atoms with Crippen LogP contribution in [0, 0.1) is 0 Å². The monoisotopic (exact) mass is 583 g/mol. The van der Waals surface area contributed by atoms with Gasteiger partial charge in [-0.15, -0.1) is 0 Å². The minimum absolute atomic E-state index is 0.0143. The molecule has 220 valence electrons. The van der Waals surface area contributed by atoms with Gasteiger partial charge in [-0.2, -0.15) is 13.2 Å². The third-order valence-electron chi connectivity index (χ3n) is 7.12. The molecule has 0 spiro atoms. The maximum atomic E-state index is 14.2. The number of nitrogens with zero attached hydrogens (tertiary/aromatic N) is 4. The highest BCUT2D eigenvalue weighted by Gasteiger charge is 2.35. The van der Waals surface area contributed by atoms with E-state index in [1.54, 1.807) is 11.8 Å². The Balaban J connectivity index is 1.44. The van der Waals surface area contributed by atoms with Crippen molar-refractivity contribution in [3.05, 3.63) is 98.3 Å². The van der Waals surface area contributed by atoms with Crippen molar-refractivity contribution in [2.24, 2.45) is 0 Å². The van der Waals surface area contributed by atoms with Crippen molar-refractivity contribution < 1.29 is 27.5 Å². The number of piperazine rings is 1. The number of esters is 1. The highest BCUT2D eigenvalue weighted by molar-refractivity contribution is 5.94. The standard InChI is InChI=1S/C29H28F3N5O5/c1-2-42-25(38)18-37-24-15-23(21(29(30,31)32)14-22(24)33-26(39)28(37)41)36-9-8-20(17-36)27(40)35-12-10-34(11-13-35)16-19-6-4-3-5-7-19/h3-9,14-15,17H,2,10-13,16,18H2,1H3,(H,33,39). The van der Waals surface area contributed by atoms with Gasteiger partial charge in [0.1, 0.15) is 6.54 Å². The number of hydrogen-bond acceptors (Lipinski definition) is 6. The molecule has 1 aliphatic rings. The largest absolute Gasteiger partial charge is 0.465 e. The first kappa shape index (κ1) is 28.9. The lowest BCUT2D eigenvalue weighted by Crippen LogP contribution is -2.48. The molecular weight excluding hydrogens is 555 g/mol. The molecule has 4 aromatic rings. The molecule has 1 amide bonds. The summed E-state index contributed by atoms with van der Waals surface area (Å²) in [5.74, 6) is -1.14. The first-order valence-corrected chi connectivity index (χ1v) is 13.3. The molecular formula is C29H28F3N5O5. The van der Waals surface area contributed by atoms with Crippen molar-refractivity contribution in [2.45, 2.75) is 26.2 Å². The van der Waals surface area contributed by atoms with Crippen LogP contribution in [0.2, 0.25) is 0 Å².